The molecule has 0 amide bonds. The number of tetrazole rings is 1. The largest absolute Gasteiger partial charge is 0.197 e. The molecule has 0 bridgehead atoms. The lowest BCUT2D eigenvalue weighted by molar-refractivity contribution is 0.472. The van der Waals surface area contributed by atoms with Crippen molar-refractivity contribution in [1.82, 2.24) is 20.2 Å². The second kappa shape index (κ2) is 5.44. The van der Waals surface area contributed by atoms with Crippen molar-refractivity contribution in [3.05, 3.63) is 48.8 Å². The lowest BCUT2D eigenvalue weighted by atomic mass is 9.89. The third kappa shape index (κ3) is 2.67. The predicted molar refractivity (Wildman–Crippen MR) is 75.0 cm³/mol. The molecular formula is C13H15BrN4. The second-order valence-electron chi connectivity index (χ2n) is 4.51. The Balaban J connectivity index is 2.32. The van der Waals surface area contributed by atoms with Crippen LogP contribution in [0.5, 0.6) is 0 Å². The third-order valence-electron chi connectivity index (χ3n) is 2.89. The van der Waals surface area contributed by atoms with Crippen LogP contribution in [0.1, 0.15) is 12.7 Å². The van der Waals surface area contributed by atoms with Crippen molar-refractivity contribution in [2.75, 3.05) is 5.33 Å². The summed E-state index contributed by atoms with van der Waals surface area (Å²) < 4.78 is 1.77. The van der Waals surface area contributed by atoms with Gasteiger partial charge in [0.15, 0.2) is 5.82 Å². The molecule has 0 fully saturated rings. The highest BCUT2D eigenvalue weighted by atomic mass is 79.9. The van der Waals surface area contributed by atoms with Gasteiger partial charge in [-0.25, -0.2) is 0 Å². The van der Waals surface area contributed by atoms with Gasteiger partial charge in [-0.15, -0.1) is 11.7 Å². The zero-order chi connectivity index (χ0) is 13.0. The number of hydrogen-bond acceptors (Lipinski definition) is 3. The van der Waals surface area contributed by atoms with Crippen molar-refractivity contribution in [2.24, 2.45) is 5.41 Å². The Hall–Kier alpha value is -1.49. The van der Waals surface area contributed by atoms with E-state index in [2.05, 4.69) is 45.0 Å². The van der Waals surface area contributed by atoms with Crippen molar-refractivity contribution in [2.45, 2.75) is 13.3 Å². The minimum atomic E-state index is -0.0543. The second-order valence-corrected chi connectivity index (χ2v) is 5.07. The number of halogens is 1. The summed E-state index contributed by atoms with van der Waals surface area (Å²) in [5.74, 6) is 0.836. The Morgan fingerprint density at radius 1 is 1.39 bits per heavy atom. The van der Waals surface area contributed by atoms with Crippen LogP contribution in [0, 0.1) is 5.41 Å². The number of allylic oxidation sites excluding steroid dienone is 1. The number of rotatable bonds is 5. The van der Waals surface area contributed by atoms with Crippen LogP contribution in [0.2, 0.25) is 0 Å². The van der Waals surface area contributed by atoms with E-state index in [9.17, 15) is 0 Å². The van der Waals surface area contributed by atoms with Crippen LogP contribution in [-0.4, -0.2) is 25.5 Å². The van der Waals surface area contributed by atoms with Gasteiger partial charge in [0.2, 0.25) is 0 Å². The molecule has 94 valence electrons. The van der Waals surface area contributed by atoms with Gasteiger partial charge in [0.25, 0.3) is 0 Å². The topological polar surface area (TPSA) is 43.6 Å². The Morgan fingerprint density at radius 2 is 2.11 bits per heavy atom. The molecule has 0 N–H and O–H groups in total. The van der Waals surface area contributed by atoms with Crippen LogP contribution < -0.4 is 0 Å². The van der Waals surface area contributed by atoms with E-state index in [1.54, 1.807) is 4.68 Å². The minimum Gasteiger partial charge on any atom is -0.197 e. The Kier molecular flexibility index (Phi) is 3.91. The summed E-state index contributed by atoms with van der Waals surface area (Å²) in [6.07, 6.45) is 2.68. The van der Waals surface area contributed by atoms with Crippen molar-refractivity contribution in [3.8, 4) is 5.69 Å². The highest BCUT2D eigenvalue weighted by Crippen LogP contribution is 2.25. The van der Waals surface area contributed by atoms with Gasteiger partial charge in [0, 0.05) is 17.2 Å². The van der Waals surface area contributed by atoms with Crippen LogP contribution in [0.3, 0.4) is 0 Å². The molecule has 0 radical (unpaired) electrons. The zero-order valence-electron chi connectivity index (χ0n) is 10.3. The summed E-state index contributed by atoms with van der Waals surface area (Å²) in [5, 5.41) is 12.7. The number of alkyl halides is 1. The molecule has 1 aromatic heterocycles. The molecule has 0 aliphatic heterocycles. The average Bonchev–Trinajstić information content (AvgIpc) is 2.87. The van der Waals surface area contributed by atoms with E-state index in [4.69, 9.17) is 0 Å². The maximum absolute atomic E-state index is 4.11. The number of nitrogens with zero attached hydrogens (tertiary/aromatic N) is 4. The molecule has 0 saturated carbocycles. The van der Waals surface area contributed by atoms with E-state index in [1.165, 1.54) is 0 Å². The molecule has 1 atom stereocenters. The Labute approximate surface area is 115 Å². The number of hydrogen-bond donors (Lipinski definition) is 0. The molecule has 0 saturated heterocycles. The van der Waals surface area contributed by atoms with Gasteiger partial charge in [-0.3, -0.25) is 0 Å². The number of aromatic nitrogens is 4. The van der Waals surface area contributed by atoms with Gasteiger partial charge in [-0.2, -0.15) is 4.68 Å². The van der Waals surface area contributed by atoms with Gasteiger partial charge in [-0.1, -0.05) is 47.1 Å². The smallest absolute Gasteiger partial charge is 0.157 e. The Morgan fingerprint density at radius 3 is 2.72 bits per heavy atom. The summed E-state index contributed by atoms with van der Waals surface area (Å²) in [6, 6.07) is 9.88. The van der Waals surface area contributed by atoms with Crippen LogP contribution >= 0.6 is 15.9 Å². The quantitative estimate of drug-likeness (QED) is 0.630. The van der Waals surface area contributed by atoms with Crippen LogP contribution in [0.25, 0.3) is 5.69 Å². The molecule has 4 nitrogen and oxygen atoms in total. The van der Waals surface area contributed by atoms with Crippen molar-refractivity contribution in [1.29, 1.82) is 0 Å². The van der Waals surface area contributed by atoms with Crippen LogP contribution in [0.4, 0.5) is 0 Å². The fraction of sp³-hybridized carbons (Fsp3) is 0.308. The first-order chi connectivity index (χ1) is 8.68. The predicted octanol–water partition coefficient (Wildman–Crippen LogP) is 2.79. The molecule has 2 aromatic rings. The molecule has 2 rings (SSSR count). The van der Waals surface area contributed by atoms with Crippen LogP contribution in [-0.2, 0) is 6.42 Å². The highest BCUT2D eigenvalue weighted by molar-refractivity contribution is 9.09. The fourth-order valence-electron chi connectivity index (χ4n) is 1.62. The Bertz CT molecular complexity index is 523. The first-order valence-electron chi connectivity index (χ1n) is 5.71. The van der Waals surface area contributed by atoms with E-state index in [1.807, 2.05) is 36.4 Å². The molecule has 1 unspecified atom stereocenters. The standard InChI is InChI=1S/C13H15BrN4/c1-3-13(2,10-14)9-12-15-16-17-18(12)11-7-5-4-6-8-11/h3-8H,1,9-10H2,2H3. The highest BCUT2D eigenvalue weighted by Gasteiger charge is 2.23. The average molecular weight is 307 g/mol. The SMILES string of the molecule is C=CC(C)(CBr)Cc1nnnn1-c1ccccc1. The molecule has 0 spiro atoms. The number of benzene rings is 1. The van der Waals surface area contributed by atoms with Crippen molar-refractivity contribution >= 4 is 15.9 Å². The summed E-state index contributed by atoms with van der Waals surface area (Å²) >= 11 is 3.51. The first-order valence-corrected chi connectivity index (χ1v) is 6.83. The lowest BCUT2D eigenvalue weighted by Crippen LogP contribution is -2.21. The van der Waals surface area contributed by atoms with E-state index >= 15 is 0 Å². The minimum absolute atomic E-state index is 0.0543. The van der Waals surface area contributed by atoms with Crippen molar-refractivity contribution < 1.29 is 0 Å². The first kappa shape index (κ1) is 13.0. The monoisotopic (exact) mass is 306 g/mol. The summed E-state index contributed by atoms with van der Waals surface area (Å²) in [6.45, 7) is 6.00. The molecule has 1 heterocycles. The van der Waals surface area contributed by atoms with Gasteiger partial charge in [0.1, 0.15) is 0 Å². The van der Waals surface area contributed by atoms with Gasteiger partial charge in [-0.05, 0) is 22.6 Å². The van der Waals surface area contributed by atoms with Crippen LogP contribution in [0.15, 0.2) is 43.0 Å². The van der Waals surface area contributed by atoms with Gasteiger partial charge in [0.05, 0.1) is 5.69 Å². The van der Waals surface area contributed by atoms with E-state index in [0.717, 1.165) is 23.3 Å². The van der Waals surface area contributed by atoms with Crippen molar-refractivity contribution in [3.63, 3.8) is 0 Å². The summed E-state index contributed by atoms with van der Waals surface area (Å²) in [4.78, 5) is 0. The zero-order valence-corrected chi connectivity index (χ0v) is 11.8. The van der Waals surface area contributed by atoms with Gasteiger partial charge < -0.3 is 0 Å². The maximum Gasteiger partial charge on any atom is 0.157 e. The van der Waals surface area contributed by atoms with Gasteiger partial charge >= 0.3 is 0 Å². The molecular weight excluding hydrogens is 292 g/mol. The molecule has 18 heavy (non-hydrogen) atoms. The number of para-hydroxylation sites is 1. The molecule has 1 aromatic carbocycles. The van der Waals surface area contributed by atoms with E-state index in [-0.39, 0.29) is 5.41 Å². The summed E-state index contributed by atoms with van der Waals surface area (Å²) in [7, 11) is 0. The maximum atomic E-state index is 4.11. The third-order valence-corrected chi connectivity index (χ3v) is 4.18. The molecule has 0 aliphatic carbocycles. The summed E-state index contributed by atoms with van der Waals surface area (Å²) in [5.41, 5.74) is 0.916. The normalized spacial score (nSPS) is 14.1. The fourth-order valence-corrected chi connectivity index (χ4v) is 2.05. The van der Waals surface area contributed by atoms with E-state index < -0.39 is 0 Å². The molecule has 5 heteroatoms. The van der Waals surface area contributed by atoms with E-state index in [0.29, 0.717) is 0 Å². The molecule has 0 aliphatic rings. The lowest BCUT2D eigenvalue weighted by Gasteiger charge is -2.21.